The van der Waals surface area contributed by atoms with Crippen molar-refractivity contribution in [1.29, 1.82) is 0 Å². The van der Waals surface area contributed by atoms with E-state index in [1.165, 1.54) is 0 Å². The second-order valence-electron chi connectivity index (χ2n) is 5.61. The Bertz CT molecular complexity index is 575. The third kappa shape index (κ3) is 5.88. The largest absolute Gasteiger partial charge is 0.481 e. The van der Waals surface area contributed by atoms with Crippen molar-refractivity contribution in [2.45, 2.75) is 38.5 Å². The van der Waals surface area contributed by atoms with Gasteiger partial charge in [0.15, 0.2) is 6.10 Å². The first-order chi connectivity index (χ1) is 11.2. The van der Waals surface area contributed by atoms with Crippen molar-refractivity contribution in [2.24, 2.45) is 0 Å². The van der Waals surface area contributed by atoms with Crippen molar-refractivity contribution in [3.8, 4) is 0 Å². The molecule has 24 heavy (non-hydrogen) atoms. The zero-order valence-corrected chi connectivity index (χ0v) is 13.5. The number of carboxylic acid groups (broad SMARTS) is 2. The standard InChI is InChI=1S/C16H22N2O6/c1-10(2)18(9-13(19)15(22)23)16(24)17-12(8-14(20)21)11-6-4-3-5-7-11/h3-7,10,12-13,19H,8-9H2,1-2H3,(H,17,24)(H,20,21)(H,22,23). The Kier molecular flexibility index (Phi) is 7.19. The van der Waals surface area contributed by atoms with E-state index in [1.54, 1.807) is 44.2 Å². The molecule has 0 spiro atoms. The molecule has 2 amide bonds. The lowest BCUT2D eigenvalue weighted by Gasteiger charge is -2.30. The second kappa shape index (κ2) is 8.88. The molecule has 8 heteroatoms. The molecule has 8 nitrogen and oxygen atoms in total. The third-order valence-corrected chi connectivity index (χ3v) is 3.42. The zero-order valence-electron chi connectivity index (χ0n) is 13.5. The van der Waals surface area contributed by atoms with Gasteiger partial charge in [0, 0.05) is 6.04 Å². The molecule has 1 aromatic rings. The maximum atomic E-state index is 12.4. The first-order valence-corrected chi connectivity index (χ1v) is 7.47. The fourth-order valence-electron chi connectivity index (χ4n) is 2.14. The molecule has 0 aliphatic rings. The summed E-state index contributed by atoms with van der Waals surface area (Å²) in [5.41, 5.74) is 0.621. The number of hydrogen-bond acceptors (Lipinski definition) is 4. The van der Waals surface area contributed by atoms with Crippen LogP contribution in [0.5, 0.6) is 0 Å². The molecule has 4 N–H and O–H groups in total. The molecule has 0 saturated heterocycles. The predicted molar refractivity (Wildman–Crippen MR) is 85.5 cm³/mol. The van der Waals surface area contributed by atoms with Crippen LogP contribution in [0.15, 0.2) is 30.3 Å². The molecule has 0 saturated carbocycles. The number of nitrogens with one attached hydrogen (secondary N) is 1. The Labute approximate surface area is 139 Å². The lowest BCUT2D eigenvalue weighted by molar-refractivity contribution is -0.147. The number of amides is 2. The molecular weight excluding hydrogens is 316 g/mol. The summed E-state index contributed by atoms with van der Waals surface area (Å²) in [7, 11) is 0. The molecule has 0 aliphatic carbocycles. The van der Waals surface area contributed by atoms with Crippen LogP contribution in [0, 0.1) is 0 Å². The number of carboxylic acids is 2. The van der Waals surface area contributed by atoms with Gasteiger partial charge in [-0.15, -0.1) is 0 Å². The number of aliphatic hydroxyl groups is 1. The Morgan fingerprint density at radius 2 is 1.71 bits per heavy atom. The highest BCUT2D eigenvalue weighted by molar-refractivity contribution is 5.78. The van der Waals surface area contributed by atoms with E-state index in [9.17, 15) is 19.5 Å². The van der Waals surface area contributed by atoms with Crippen LogP contribution in [-0.2, 0) is 9.59 Å². The molecule has 2 atom stereocenters. The van der Waals surface area contributed by atoms with Crippen molar-refractivity contribution in [3.05, 3.63) is 35.9 Å². The molecule has 1 aromatic carbocycles. The Hall–Kier alpha value is -2.61. The van der Waals surface area contributed by atoms with E-state index in [0.717, 1.165) is 4.90 Å². The SMILES string of the molecule is CC(C)N(CC(O)C(=O)O)C(=O)NC(CC(=O)O)c1ccccc1. The van der Waals surface area contributed by atoms with Gasteiger partial charge in [0.1, 0.15) is 0 Å². The summed E-state index contributed by atoms with van der Waals surface area (Å²) in [4.78, 5) is 35.4. The molecule has 2 unspecified atom stereocenters. The highest BCUT2D eigenvalue weighted by atomic mass is 16.4. The van der Waals surface area contributed by atoms with E-state index in [2.05, 4.69) is 5.32 Å². The second-order valence-corrected chi connectivity index (χ2v) is 5.61. The van der Waals surface area contributed by atoms with Crippen molar-refractivity contribution in [3.63, 3.8) is 0 Å². The molecule has 0 aliphatic heterocycles. The first-order valence-electron chi connectivity index (χ1n) is 7.47. The van der Waals surface area contributed by atoms with Gasteiger partial charge in [0.25, 0.3) is 0 Å². The average molecular weight is 338 g/mol. The van der Waals surface area contributed by atoms with E-state index in [4.69, 9.17) is 10.2 Å². The van der Waals surface area contributed by atoms with Crippen LogP contribution in [0.3, 0.4) is 0 Å². The van der Waals surface area contributed by atoms with Gasteiger partial charge in [0.05, 0.1) is 19.0 Å². The van der Waals surface area contributed by atoms with Gasteiger partial charge in [-0.2, -0.15) is 0 Å². The summed E-state index contributed by atoms with van der Waals surface area (Å²) in [6, 6.07) is 6.84. The average Bonchev–Trinajstić information content (AvgIpc) is 2.51. The zero-order chi connectivity index (χ0) is 18.3. The highest BCUT2D eigenvalue weighted by Gasteiger charge is 2.27. The van der Waals surface area contributed by atoms with E-state index < -0.39 is 36.7 Å². The summed E-state index contributed by atoms with van der Waals surface area (Å²) in [6.45, 7) is 2.94. The lowest BCUT2D eigenvalue weighted by atomic mass is 10.0. The van der Waals surface area contributed by atoms with Crippen molar-refractivity contribution >= 4 is 18.0 Å². The minimum Gasteiger partial charge on any atom is -0.481 e. The normalized spacial score (nSPS) is 13.2. The number of aliphatic carboxylic acids is 2. The molecule has 132 valence electrons. The molecule has 0 heterocycles. The highest BCUT2D eigenvalue weighted by Crippen LogP contribution is 2.17. The number of hydrogen-bond donors (Lipinski definition) is 4. The van der Waals surface area contributed by atoms with Gasteiger partial charge < -0.3 is 25.5 Å². The maximum Gasteiger partial charge on any atom is 0.334 e. The number of carbonyl (C=O) groups excluding carboxylic acids is 1. The Morgan fingerprint density at radius 1 is 1.12 bits per heavy atom. The molecule has 0 fully saturated rings. The molecular formula is C16H22N2O6. The molecule has 0 bridgehead atoms. The molecule has 0 radical (unpaired) electrons. The first kappa shape index (κ1) is 19.4. The van der Waals surface area contributed by atoms with E-state index >= 15 is 0 Å². The molecule has 0 aromatic heterocycles. The van der Waals surface area contributed by atoms with Crippen LogP contribution in [0.25, 0.3) is 0 Å². The number of carbonyl (C=O) groups is 3. The number of urea groups is 1. The van der Waals surface area contributed by atoms with Crippen LogP contribution in [0.2, 0.25) is 0 Å². The fraction of sp³-hybridized carbons (Fsp3) is 0.438. The van der Waals surface area contributed by atoms with E-state index in [-0.39, 0.29) is 12.5 Å². The topological polar surface area (TPSA) is 127 Å². The van der Waals surface area contributed by atoms with Gasteiger partial charge in [-0.25, -0.2) is 9.59 Å². The van der Waals surface area contributed by atoms with Crippen molar-refractivity contribution in [1.82, 2.24) is 10.2 Å². The van der Waals surface area contributed by atoms with Crippen LogP contribution in [0.4, 0.5) is 4.79 Å². The number of nitrogens with zero attached hydrogens (tertiary/aromatic N) is 1. The summed E-state index contributed by atoms with van der Waals surface area (Å²) in [6.07, 6.45) is -2.03. The summed E-state index contributed by atoms with van der Waals surface area (Å²) >= 11 is 0. The Balaban J connectivity index is 2.91. The number of aliphatic hydroxyl groups excluding tert-OH is 1. The number of benzene rings is 1. The Morgan fingerprint density at radius 3 is 2.17 bits per heavy atom. The monoisotopic (exact) mass is 338 g/mol. The van der Waals surface area contributed by atoms with Crippen molar-refractivity contribution in [2.75, 3.05) is 6.54 Å². The summed E-state index contributed by atoms with van der Waals surface area (Å²) < 4.78 is 0. The van der Waals surface area contributed by atoms with Crippen LogP contribution in [0.1, 0.15) is 31.9 Å². The maximum absolute atomic E-state index is 12.4. The fourth-order valence-corrected chi connectivity index (χ4v) is 2.14. The predicted octanol–water partition coefficient (Wildman–Crippen LogP) is 1.07. The minimum atomic E-state index is -1.72. The smallest absolute Gasteiger partial charge is 0.334 e. The van der Waals surface area contributed by atoms with E-state index in [1.807, 2.05) is 0 Å². The van der Waals surface area contributed by atoms with Crippen LogP contribution in [-0.4, -0.2) is 56.9 Å². The summed E-state index contributed by atoms with van der Waals surface area (Å²) in [5, 5.41) is 29.9. The van der Waals surface area contributed by atoms with Gasteiger partial charge in [-0.3, -0.25) is 4.79 Å². The third-order valence-electron chi connectivity index (χ3n) is 3.42. The molecule has 1 rings (SSSR count). The van der Waals surface area contributed by atoms with Gasteiger partial charge >= 0.3 is 18.0 Å². The van der Waals surface area contributed by atoms with E-state index in [0.29, 0.717) is 5.56 Å². The minimum absolute atomic E-state index is 0.316. The van der Waals surface area contributed by atoms with Crippen LogP contribution >= 0.6 is 0 Å². The van der Waals surface area contributed by atoms with Crippen LogP contribution < -0.4 is 5.32 Å². The van der Waals surface area contributed by atoms with Crippen molar-refractivity contribution < 1.29 is 29.7 Å². The van der Waals surface area contributed by atoms with Gasteiger partial charge in [0.2, 0.25) is 0 Å². The number of rotatable bonds is 8. The lowest BCUT2D eigenvalue weighted by Crippen LogP contribution is -2.49. The summed E-state index contributed by atoms with van der Waals surface area (Å²) in [5.74, 6) is -2.51. The van der Waals surface area contributed by atoms with Gasteiger partial charge in [-0.05, 0) is 19.4 Å². The quantitative estimate of drug-likeness (QED) is 0.561. The van der Waals surface area contributed by atoms with Gasteiger partial charge in [-0.1, -0.05) is 30.3 Å².